The van der Waals surface area contributed by atoms with Crippen LogP contribution in [0.3, 0.4) is 0 Å². The number of amides is 1. The average Bonchev–Trinajstić information content (AvgIpc) is 3.04. The van der Waals surface area contributed by atoms with Gasteiger partial charge in [-0.25, -0.2) is 0 Å². The zero-order chi connectivity index (χ0) is 16.9. The lowest BCUT2D eigenvalue weighted by atomic mass is 10.1. The zero-order valence-electron chi connectivity index (χ0n) is 13.4. The molecule has 1 aromatic heterocycles. The second kappa shape index (κ2) is 7.27. The first-order valence-corrected chi connectivity index (χ1v) is 8.46. The summed E-state index contributed by atoms with van der Waals surface area (Å²) in [5, 5.41) is 15.3. The Balaban J connectivity index is 1.70. The van der Waals surface area contributed by atoms with Crippen molar-refractivity contribution in [2.45, 2.75) is 19.0 Å². The summed E-state index contributed by atoms with van der Waals surface area (Å²) >= 11 is 1.31. The van der Waals surface area contributed by atoms with Crippen molar-refractivity contribution in [2.75, 3.05) is 11.1 Å². The van der Waals surface area contributed by atoms with Gasteiger partial charge in [0.05, 0.1) is 11.4 Å². The molecule has 0 spiro atoms. The predicted octanol–water partition coefficient (Wildman–Crippen LogP) is 3.01. The number of aromatic nitrogens is 4. The lowest BCUT2D eigenvalue weighted by Gasteiger charge is -2.08. The quantitative estimate of drug-likeness (QED) is 0.724. The highest BCUT2D eigenvalue weighted by molar-refractivity contribution is 7.99. The van der Waals surface area contributed by atoms with E-state index in [1.54, 1.807) is 4.68 Å². The van der Waals surface area contributed by atoms with Gasteiger partial charge in [-0.15, -0.1) is 5.10 Å². The first-order chi connectivity index (χ1) is 11.6. The molecule has 0 fully saturated rings. The standard InChI is InChI=1S/C17H17N5OS/c1-12-8-9-13(2)15(10-12)22-17(19-20-21-22)24-11-16(23)18-14-6-4-3-5-7-14/h3-10H,11H2,1-2H3,(H,18,23). The number of anilines is 1. The number of nitrogens with zero attached hydrogens (tertiary/aromatic N) is 4. The van der Waals surface area contributed by atoms with Crippen LogP contribution in [0.1, 0.15) is 11.1 Å². The van der Waals surface area contributed by atoms with Crippen LogP contribution in [0, 0.1) is 13.8 Å². The van der Waals surface area contributed by atoms with Crippen molar-refractivity contribution in [3.63, 3.8) is 0 Å². The van der Waals surface area contributed by atoms with Crippen molar-refractivity contribution < 1.29 is 4.79 Å². The monoisotopic (exact) mass is 339 g/mol. The van der Waals surface area contributed by atoms with Crippen molar-refractivity contribution in [1.82, 2.24) is 20.2 Å². The molecule has 0 bridgehead atoms. The van der Waals surface area contributed by atoms with Crippen molar-refractivity contribution in [3.8, 4) is 5.69 Å². The molecule has 0 aliphatic carbocycles. The molecule has 0 saturated carbocycles. The molecule has 0 aliphatic heterocycles. The van der Waals surface area contributed by atoms with E-state index in [4.69, 9.17) is 0 Å². The topological polar surface area (TPSA) is 72.7 Å². The van der Waals surface area contributed by atoms with Crippen molar-refractivity contribution in [1.29, 1.82) is 0 Å². The molecule has 7 heteroatoms. The third-order valence-corrected chi connectivity index (χ3v) is 4.34. The van der Waals surface area contributed by atoms with Gasteiger partial charge in [0.15, 0.2) is 0 Å². The Bertz CT molecular complexity index is 847. The molecule has 6 nitrogen and oxygen atoms in total. The molecule has 24 heavy (non-hydrogen) atoms. The molecule has 0 aliphatic rings. The maximum absolute atomic E-state index is 12.1. The van der Waals surface area contributed by atoms with Gasteiger partial charge in [-0.2, -0.15) is 4.68 Å². The Morgan fingerprint density at radius 3 is 2.75 bits per heavy atom. The third-order valence-electron chi connectivity index (χ3n) is 3.42. The van der Waals surface area contributed by atoms with E-state index in [2.05, 4.69) is 20.8 Å². The summed E-state index contributed by atoms with van der Waals surface area (Å²) in [4.78, 5) is 12.1. The fourth-order valence-corrected chi connectivity index (χ4v) is 2.90. The van der Waals surface area contributed by atoms with E-state index in [-0.39, 0.29) is 11.7 Å². The van der Waals surface area contributed by atoms with Crippen LogP contribution in [0.15, 0.2) is 53.7 Å². The summed E-state index contributed by atoms with van der Waals surface area (Å²) in [6.07, 6.45) is 0. The summed E-state index contributed by atoms with van der Waals surface area (Å²) in [5.74, 6) is 0.141. The number of para-hydroxylation sites is 1. The number of tetrazole rings is 1. The largest absolute Gasteiger partial charge is 0.325 e. The van der Waals surface area contributed by atoms with Gasteiger partial charge in [0.1, 0.15) is 0 Å². The summed E-state index contributed by atoms with van der Waals surface area (Å²) in [6, 6.07) is 15.5. The van der Waals surface area contributed by atoms with Gasteiger partial charge in [-0.1, -0.05) is 42.1 Å². The maximum atomic E-state index is 12.1. The lowest BCUT2D eigenvalue weighted by molar-refractivity contribution is -0.113. The normalized spacial score (nSPS) is 10.6. The van der Waals surface area contributed by atoms with Gasteiger partial charge in [-0.05, 0) is 53.6 Å². The van der Waals surface area contributed by atoms with Gasteiger partial charge >= 0.3 is 0 Å². The number of nitrogens with one attached hydrogen (secondary N) is 1. The summed E-state index contributed by atoms with van der Waals surface area (Å²) in [6.45, 7) is 4.03. The van der Waals surface area contributed by atoms with Crippen LogP contribution in [0.5, 0.6) is 0 Å². The molecule has 1 N–H and O–H groups in total. The molecule has 122 valence electrons. The zero-order valence-corrected chi connectivity index (χ0v) is 14.2. The van der Waals surface area contributed by atoms with Crippen molar-refractivity contribution >= 4 is 23.4 Å². The summed E-state index contributed by atoms with van der Waals surface area (Å²) in [5.41, 5.74) is 3.90. The number of rotatable bonds is 5. The first-order valence-electron chi connectivity index (χ1n) is 7.47. The first kappa shape index (κ1) is 16.2. The smallest absolute Gasteiger partial charge is 0.234 e. The fraction of sp³-hybridized carbons (Fsp3) is 0.176. The Hall–Kier alpha value is -2.67. The van der Waals surface area contributed by atoms with E-state index in [9.17, 15) is 4.79 Å². The average molecular weight is 339 g/mol. The van der Waals surface area contributed by atoms with Gasteiger partial charge in [0.2, 0.25) is 11.1 Å². The van der Waals surface area contributed by atoms with Crippen LogP contribution in [0.2, 0.25) is 0 Å². The van der Waals surface area contributed by atoms with Gasteiger partial charge in [-0.3, -0.25) is 4.79 Å². The summed E-state index contributed by atoms with van der Waals surface area (Å²) in [7, 11) is 0. The SMILES string of the molecule is Cc1ccc(C)c(-n2nnnc2SCC(=O)Nc2ccccc2)c1. The predicted molar refractivity (Wildman–Crippen MR) is 94.4 cm³/mol. The number of benzene rings is 2. The van der Waals surface area contributed by atoms with Crippen LogP contribution >= 0.6 is 11.8 Å². The Morgan fingerprint density at radius 2 is 1.96 bits per heavy atom. The van der Waals surface area contributed by atoms with Crippen molar-refractivity contribution in [2.24, 2.45) is 0 Å². The van der Waals surface area contributed by atoms with E-state index in [0.29, 0.717) is 5.16 Å². The maximum Gasteiger partial charge on any atom is 0.234 e. The van der Waals surface area contributed by atoms with Crippen LogP contribution in [0.4, 0.5) is 5.69 Å². The molecule has 2 aromatic carbocycles. The molecule has 3 rings (SSSR count). The third kappa shape index (κ3) is 3.80. The van der Waals surface area contributed by atoms with E-state index >= 15 is 0 Å². The van der Waals surface area contributed by atoms with Crippen LogP contribution in [-0.4, -0.2) is 31.9 Å². The number of hydrogen-bond donors (Lipinski definition) is 1. The number of carbonyl (C=O) groups is 1. The number of aryl methyl sites for hydroxylation is 2. The molecule has 0 atom stereocenters. The molecule has 0 unspecified atom stereocenters. The van der Waals surface area contributed by atoms with Crippen LogP contribution in [-0.2, 0) is 4.79 Å². The minimum absolute atomic E-state index is 0.0956. The Kier molecular flexibility index (Phi) is 4.90. The lowest BCUT2D eigenvalue weighted by Crippen LogP contribution is -2.14. The molecule has 0 radical (unpaired) electrons. The highest BCUT2D eigenvalue weighted by atomic mass is 32.2. The second-order valence-corrected chi connectivity index (χ2v) is 6.31. The van der Waals surface area contributed by atoms with Crippen LogP contribution in [0.25, 0.3) is 5.69 Å². The fourth-order valence-electron chi connectivity index (χ4n) is 2.22. The van der Waals surface area contributed by atoms with E-state index in [0.717, 1.165) is 22.5 Å². The van der Waals surface area contributed by atoms with Crippen LogP contribution < -0.4 is 5.32 Å². The highest BCUT2D eigenvalue weighted by Gasteiger charge is 2.13. The molecule has 1 heterocycles. The highest BCUT2D eigenvalue weighted by Crippen LogP contribution is 2.21. The molecular weight excluding hydrogens is 322 g/mol. The number of carbonyl (C=O) groups excluding carboxylic acids is 1. The Labute approximate surface area is 144 Å². The second-order valence-electron chi connectivity index (χ2n) is 5.37. The molecule has 0 saturated heterocycles. The minimum Gasteiger partial charge on any atom is -0.325 e. The van der Waals surface area contributed by atoms with Gasteiger partial charge < -0.3 is 5.32 Å². The molecular formula is C17H17N5OS. The van der Waals surface area contributed by atoms with Crippen molar-refractivity contribution in [3.05, 3.63) is 59.7 Å². The van der Waals surface area contributed by atoms with Gasteiger partial charge in [0, 0.05) is 5.69 Å². The van der Waals surface area contributed by atoms with E-state index < -0.39 is 0 Å². The van der Waals surface area contributed by atoms with Gasteiger partial charge in [0.25, 0.3) is 0 Å². The molecule has 1 amide bonds. The minimum atomic E-state index is -0.0956. The van der Waals surface area contributed by atoms with E-state index in [1.807, 2.05) is 62.4 Å². The Morgan fingerprint density at radius 1 is 1.17 bits per heavy atom. The number of thioether (sulfide) groups is 1. The van der Waals surface area contributed by atoms with E-state index in [1.165, 1.54) is 11.8 Å². The number of hydrogen-bond acceptors (Lipinski definition) is 5. The summed E-state index contributed by atoms with van der Waals surface area (Å²) < 4.78 is 1.67. The molecule has 3 aromatic rings.